The van der Waals surface area contributed by atoms with E-state index in [-0.39, 0.29) is 6.29 Å². The Labute approximate surface area is 132 Å². The first kappa shape index (κ1) is 20.5. The minimum atomic E-state index is -1.05. The van der Waals surface area contributed by atoms with Crippen LogP contribution in [-0.2, 0) is 8.53 Å². The average molecular weight is 300 g/mol. The summed E-state index contributed by atoms with van der Waals surface area (Å²) in [7, 11) is 0. The molecule has 0 rings (SSSR count). The molecule has 0 radical (unpaired) electrons. The van der Waals surface area contributed by atoms with Crippen LogP contribution in [0.25, 0.3) is 0 Å². The van der Waals surface area contributed by atoms with Gasteiger partial charge in [0.25, 0.3) is 0 Å². The SMILES string of the molecule is CCCCC[CH2][Al]([CH2]CCCCC)[O]C(CC)OCC. The third-order valence-corrected chi connectivity index (χ3v) is 6.58. The molecule has 1 atom stereocenters. The molecule has 0 fully saturated rings. The summed E-state index contributed by atoms with van der Waals surface area (Å²) in [6.07, 6.45) is 11.9. The van der Waals surface area contributed by atoms with Crippen LogP contribution in [0.3, 0.4) is 0 Å². The Kier molecular flexibility index (Phi) is 16.2. The topological polar surface area (TPSA) is 18.5 Å². The van der Waals surface area contributed by atoms with Crippen molar-refractivity contribution >= 4 is 14.5 Å². The summed E-state index contributed by atoms with van der Waals surface area (Å²) in [6.45, 7) is 9.55. The maximum Gasteiger partial charge on any atom is 0.462 e. The van der Waals surface area contributed by atoms with Crippen LogP contribution in [-0.4, -0.2) is 27.4 Å². The van der Waals surface area contributed by atoms with Gasteiger partial charge in [0, 0.05) is 6.61 Å². The van der Waals surface area contributed by atoms with E-state index in [9.17, 15) is 0 Å². The van der Waals surface area contributed by atoms with Crippen molar-refractivity contribution in [1.29, 1.82) is 0 Å². The molecule has 2 nitrogen and oxygen atoms in total. The average Bonchev–Trinajstić information content (AvgIpc) is 2.46. The molecule has 0 aliphatic rings. The molecule has 0 saturated carbocycles. The zero-order chi connectivity index (χ0) is 15.1. The smallest absolute Gasteiger partial charge is 0.462 e. The van der Waals surface area contributed by atoms with E-state index in [0.29, 0.717) is 0 Å². The Morgan fingerprint density at radius 3 is 1.70 bits per heavy atom. The van der Waals surface area contributed by atoms with Gasteiger partial charge in [0.15, 0.2) is 0 Å². The predicted molar refractivity (Wildman–Crippen MR) is 90.4 cm³/mol. The van der Waals surface area contributed by atoms with Gasteiger partial charge in [-0.1, -0.05) is 82.7 Å². The number of rotatable bonds is 15. The maximum absolute atomic E-state index is 6.32. The molecule has 0 aromatic rings. The summed E-state index contributed by atoms with van der Waals surface area (Å²) in [5.74, 6) is 0. The Balaban J connectivity index is 4.00. The van der Waals surface area contributed by atoms with Crippen molar-refractivity contribution in [3.8, 4) is 0 Å². The summed E-state index contributed by atoms with van der Waals surface area (Å²) < 4.78 is 12.0. The van der Waals surface area contributed by atoms with Crippen LogP contribution in [0.1, 0.15) is 85.5 Å². The molecule has 0 aliphatic carbocycles. The quantitative estimate of drug-likeness (QED) is 0.212. The molecule has 0 heterocycles. The van der Waals surface area contributed by atoms with E-state index in [1.807, 2.05) is 0 Å². The minimum Gasteiger partial charge on any atom is -0.478 e. The summed E-state index contributed by atoms with van der Waals surface area (Å²) in [5, 5.41) is 2.69. The van der Waals surface area contributed by atoms with Crippen molar-refractivity contribution in [2.24, 2.45) is 0 Å². The van der Waals surface area contributed by atoms with E-state index in [4.69, 9.17) is 8.53 Å². The van der Waals surface area contributed by atoms with Crippen molar-refractivity contribution in [2.75, 3.05) is 6.61 Å². The third kappa shape index (κ3) is 12.2. The minimum absolute atomic E-state index is 0.0639. The monoisotopic (exact) mass is 300 g/mol. The van der Waals surface area contributed by atoms with Gasteiger partial charge in [0.05, 0.1) is 0 Å². The van der Waals surface area contributed by atoms with Crippen molar-refractivity contribution < 1.29 is 8.53 Å². The van der Waals surface area contributed by atoms with Crippen LogP contribution in [0.4, 0.5) is 0 Å². The fourth-order valence-electron chi connectivity index (χ4n) is 2.53. The van der Waals surface area contributed by atoms with Crippen molar-refractivity contribution in [1.82, 2.24) is 0 Å². The molecule has 0 N–H and O–H groups in total. The fraction of sp³-hybridized carbons (Fsp3) is 1.00. The highest BCUT2D eigenvalue weighted by Gasteiger charge is 2.23. The van der Waals surface area contributed by atoms with Gasteiger partial charge in [-0.3, -0.25) is 0 Å². The van der Waals surface area contributed by atoms with Crippen LogP contribution >= 0.6 is 0 Å². The lowest BCUT2D eigenvalue weighted by Gasteiger charge is -2.22. The molecule has 0 bridgehead atoms. The van der Waals surface area contributed by atoms with Gasteiger partial charge >= 0.3 is 14.5 Å². The van der Waals surface area contributed by atoms with E-state index in [1.54, 1.807) is 0 Å². The van der Waals surface area contributed by atoms with Gasteiger partial charge in [-0.2, -0.15) is 0 Å². The fourth-order valence-corrected chi connectivity index (χ4v) is 5.28. The van der Waals surface area contributed by atoms with Gasteiger partial charge < -0.3 is 8.53 Å². The summed E-state index contributed by atoms with van der Waals surface area (Å²) >= 11 is -1.05. The van der Waals surface area contributed by atoms with E-state index in [0.717, 1.165) is 13.0 Å². The van der Waals surface area contributed by atoms with E-state index in [1.165, 1.54) is 61.9 Å². The highest BCUT2D eigenvalue weighted by atomic mass is 27.2. The van der Waals surface area contributed by atoms with Crippen LogP contribution in [0.15, 0.2) is 0 Å². The van der Waals surface area contributed by atoms with Crippen molar-refractivity contribution in [2.45, 2.75) is 102 Å². The van der Waals surface area contributed by atoms with Gasteiger partial charge in [0.1, 0.15) is 6.29 Å². The second kappa shape index (κ2) is 15.8. The van der Waals surface area contributed by atoms with Crippen molar-refractivity contribution in [3.63, 3.8) is 0 Å². The molecule has 20 heavy (non-hydrogen) atoms. The van der Waals surface area contributed by atoms with Gasteiger partial charge in [0.2, 0.25) is 0 Å². The zero-order valence-corrected chi connectivity index (χ0v) is 15.6. The molecular weight excluding hydrogens is 263 g/mol. The first-order valence-electron chi connectivity index (χ1n) is 9.05. The lowest BCUT2D eigenvalue weighted by molar-refractivity contribution is -0.0799. The third-order valence-electron chi connectivity index (χ3n) is 3.79. The molecule has 0 aliphatic heterocycles. The van der Waals surface area contributed by atoms with Crippen LogP contribution in [0.2, 0.25) is 10.6 Å². The van der Waals surface area contributed by atoms with Crippen molar-refractivity contribution in [3.05, 3.63) is 0 Å². The summed E-state index contributed by atoms with van der Waals surface area (Å²) in [6, 6.07) is 0. The van der Waals surface area contributed by atoms with Gasteiger partial charge in [-0.05, 0) is 13.3 Å². The summed E-state index contributed by atoms with van der Waals surface area (Å²) in [4.78, 5) is 0. The van der Waals surface area contributed by atoms with Crippen LogP contribution < -0.4 is 0 Å². The second-order valence-corrected chi connectivity index (χ2v) is 8.42. The van der Waals surface area contributed by atoms with E-state index >= 15 is 0 Å². The number of hydrogen-bond acceptors (Lipinski definition) is 2. The van der Waals surface area contributed by atoms with E-state index < -0.39 is 14.5 Å². The molecular formula is C17H37AlO2. The highest BCUT2D eigenvalue weighted by Crippen LogP contribution is 2.17. The Hall–Kier alpha value is 0.452. The van der Waals surface area contributed by atoms with Crippen LogP contribution in [0.5, 0.6) is 0 Å². The lowest BCUT2D eigenvalue weighted by Crippen LogP contribution is -2.27. The highest BCUT2D eigenvalue weighted by molar-refractivity contribution is 6.51. The largest absolute Gasteiger partial charge is 0.478 e. The molecule has 3 heteroatoms. The first-order valence-corrected chi connectivity index (χ1v) is 11.2. The number of unbranched alkanes of at least 4 members (excludes halogenated alkanes) is 6. The molecule has 0 aromatic heterocycles. The van der Waals surface area contributed by atoms with E-state index in [2.05, 4.69) is 27.7 Å². The normalized spacial score (nSPS) is 12.6. The zero-order valence-electron chi connectivity index (χ0n) is 14.5. The Bertz CT molecular complexity index is 176. The van der Waals surface area contributed by atoms with Gasteiger partial charge in [-0.25, -0.2) is 0 Å². The molecule has 0 spiro atoms. The molecule has 0 aromatic carbocycles. The molecule has 0 saturated heterocycles. The first-order chi connectivity index (χ1) is 9.78. The Morgan fingerprint density at radius 1 is 0.750 bits per heavy atom. The maximum atomic E-state index is 6.32. The molecule has 0 amide bonds. The number of ether oxygens (including phenoxy) is 1. The standard InChI is InChI=1S/2C6H13.C5H11O2.Al/c2*1-3-5-6-4-2;1-3-5(6)7-4-2;/h2*1,3-6H2,2H3;5H,3-4H2,1-2H3;/q;;-1;+1. The lowest BCUT2D eigenvalue weighted by atomic mass is 10.2. The molecule has 120 valence electrons. The Morgan fingerprint density at radius 2 is 1.30 bits per heavy atom. The predicted octanol–water partition coefficient (Wildman–Crippen LogP) is 5.93. The number of hydrogen-bond donors (Lipinski definition) is 0. The second-order valence-electron chi connectivity index (χ2n) is 5.75. The van der Waals surface area contributed by atoms with Crippen LogP contribution in [0, 0.1) is 0 Å². The van der Waals surface area contributed by atoms with Gasteiger partial charge in [-0.15, -0.1) is 0 Å². The summed E-state index contributed by atoms with van der Waals surface area (Å²) in [5.41, 5.74) is 0. The molecule has 1 unspecified atom stereocenters.